The van der Waals surface area contributed by atoms with E-state index in [-0.39, 0.29) is 46.1 Å². The minimum atomic E-state index is -4.69. The van der Waals surface area contributed by atoms with Gasteiger partial charge in [0, 0.05) is 40.1 Å². The molecule has 1 saturated heterocycles. The molecule has 0 unspecified atom stereocenters. The van der Waals surface area contributed by atoms with Crippen molar-refractivity contribution in [3.8, 4) is 6.07 Å². The number of aromatic nitrogens is 1. The maximum absolute atomic E-state index is 13.5. The zero-order valence-corrected chi connectivity index (χ0v) is 20.5. The Balaban J connectivity index is 1.40. The van der Waals surface area contributed by atoms with Crippen LogP contribution in [0.5, 0.6) is 0 Å². The molecular weight excluding hydrogens is 529 g/mol. The molecule has 1 aromatic carbocycles. The molecule has 5 rings (SSSR count). The standard InChI is InChI=1S/C24H17F3N4O4S2/c25-24(26,27)17-4-2-13-18(20(30-22(34)35)36-19(13)29-17)21(33)31-7-5-23(6-8-31)10-15(32)14-9-12(11-28)1-3-16(14)37-23/h1-4,9,30H,5-8,10H2,(H,34,35). The highest BCUT2D eigenvalue weighted by Crippen LogP contribution is 2.49. The van der Waals surface area contributed by atoms with Gasteiger partial charge in [-0.3, -0.25) is 14.9 Å². The summed E-state index contributed by atoms with van der Waals surface area (Å²) in [7, 11) is 0. The molecule has 13 heteroatoms. The van der Waals surface area contributed by atoms with E-state index in [4.69, 9.17) is 5.26 Å². The molecule has 0 bridgehead atoms. The van der Waals surface area contributed by atoms with E-state index < -0.39 is 28.6 Å². The van der Waals surface area contributed by atoms with Gasteiger partial charge in [-0.15, -0.1) is 11.8 Å². The smallest absolute Gasteiger partial charge is 0.433 e. The number of Topliss-reactive ketones (excluding diaryl/α,β-unsaturated/α-hetero) is 1. The van der Waals surface area contributed by atoms with E-state index in [0.29, 0.717) is 35.3 Å². The van der Waals surface area contributed by atoms with Gasteiger partial charge in [0.15, 0.2) is 5.78 Å². The number of carbonyl (C=O) groups is 3. The minimum Gasteiger partial charge on any atom is -0.465 e. The molecule has 4 heterocycles. The molecule has 0 radical (unpaired) electrons. The predicted molar refractivity (Wildman–Crippen MR) is 130 cm³/mol. The number of ketones is 1. The zero-order valence-electron chi connectivity index (χ0n) is 18.9. The van der Waals surface area contributed by atoms with Gasteiger partial charge in [-0.25, -0.2) is 9.78 Å². The molecule has 0 saturated carbocycles. The number of nitriles is 1. The highest BCUT2D eigenvalue weighted by Gasteiger charge is 2.43. The Labute approximate surface area is 216 Å². The van der Waals surface area contributed by atoms with Gasteiger partial charge in [-0.2, -0.15) is 18.4 Å². The van der Waals surface area contributed by atoms with Crippen LogP contribution in [0.15, 0.2) is 35.2 Å². The summed E-state index contributed by atoms with van der Waals surface area (Å²) in [6, 6.07) is 8.95. The van der Waals surface area contributed by atoms with Crippen LogP contribution in [0.2, 0.25) is 0 Å². The van der Waals surface area contributed by atoms with Crippen LogP contribution < -0.4 is 5.32 Å². The van der Waals surface area contributed by atoms with Gasteiger partial charge in [0.2, 0.25) is 0 Å². The Kier molecular flexibility index (Phi) is 6.12. The molecule has 2 amide bonds. The van der Waals surface area contributed by atoms with Crippen molar-refractivity contribution in [3.05, 3.63) is 52.7 Å². The van der Waals surface area contributed by atoms with Crippen molar-refractivity contribution < 1.29 is 32.7 Å². The highest BCUT2D eigenvalue weighted by atomic mass is 32.2. The lowest BCUT2D eigenvalue weighted by atomic mass is 9.87. The Hall–Kier alpha value is -3.63. The number of amides is 2. The Bertz CT molecular complexity index is 1500. The number of anilines is 1. The van der Waals surface area contributed by atoms with Gasteiger partial charge in [0.25, 0.3) is 5.91 Å². The normalized spacial score (nSPS) is 16.9. The fourth-order valence-electron chi connectivity index (χ4n) is 4.65. The number of halogens is 3. The Morgan fingerprint density at radius 1 is 1.19 bits per heavy atom. The van der Waals surface area contributed by atoms with Crippen molar-refractivity contribution in [1.82, 2.24) is 9.88 Å². The van der Waals surface area contributed by atoms with Gasteiger partial charge < -0.3 is 10.0 Å². The van der Waals surface area contributed by atoms with Gasteiger partial charge in [-0.1, -0.05) is 11.3 Å². The predicted octanol–water partition coefficient (Wildman–Crippen LogP) is 5.63. The van der Waals surface area contributed by atoms with Crippen LogP contribution in [0.3, 0.4) is 0 Å². The van der Waals surface area contributed by atoms with Gasteiger partial charge in [0.1, 0.15) is 15.5 Å². The fourth-order valence-corrected chi connectivity index (χ4v) is 7.18. The Morgan fingerprint density at radius 3 is 2.57 bits per heavy atom. The number of carboxylic acid groups (broad SMARTS) is 1. The molecular formula is C24H17F3N4O4S2. The van der Waals surface area contributed by atoms with Crippen LogP contribution in [0.25, 0.3) is 10.2 Å². The van der Waals surface area contributed by atoms with E-state index in [1.165, 1.54) is 4.90 Å². The summed E-state index contributed by atoms with van der Waals surface area (Å²) in [6.45, 7) is 0.561. The summed E-state index contributed by atoms with van der Waals surface area (Å²) in [5.74, 6) is -0.577. The van der Waals surface area contributed by atoms with Crippen molar-refractivity contribution >= 4 is 56.1 Å². The van der Waals surface area contributed by atoms with Crippen LogP contribution in [0.4, 0.5) is 23.0 Å². The first-order valence-electron chi connectivity index (χ1n) is 11.1. The van der Waals surface area contributed by atoms with Gasteiger partial charge in [-0.05, 0) is 43.2 Å². The molecule has 2 N–H and O–H groups in total. The maximum atomic E-state index is 13.5. The zero-order chi connectivity index (χ0) is 26.5. The number of piperidine rings is 1. The van der Waals surface area contributed by atoms with Gasteiger partial charge in [0.05, 0.1) is 17.2 Å². The second kappa shape index (κ2) is 9.04. The summed E-state index contributed by atoms with van der Waals surface area (Å²) >= 11 is 2.23. The number of nitrogens with zero attached hydrogens (tertiary/aromatic N) is 3. The van der Waals surface area contributed by atoms with Crippen LogP contribution in [-0.2, 0) is 6.18 Å². The minimum absolute atomic E-state index is 0.0404. The number of benzene rings is 1. The SMILES string of the molecule is N#Cc1ccc2c(c1)C(=O)CC1(CCN(C(=O)c3c(NC(=O)O)sc4nc(C(F)(F)F)ccc34)CC1)S2. The second-order valence-electron chi connectivity index (χ2n) is 8.78. The first-order chi connectivity index (χ1) is 17.5. The first-order valence-corrected chi connectivity index (χ1v) is 12.7. The molecule has 2 aromatic heterocycles. The van der Waals surface area contributed by atoms with Crippen LogP contribution in [0.1, 0.15) is 51.2 Å². The van der Waals surface area contributed by atoms with E-state index in [2.05, 4.69) is 10.3 Å². The average molecular weight is 547 g/mol. The number of rotatable bonds is 2. The largest absolute Gasteiger partial charge is 0.465 e. The number of thiophene rings is 1. The van der Waals surface area contributed by atoms with E-state index in [1.54, 1.807) is 30.0 Å². The summed E-state index contributed by atoms with van der Waals surface area (Å²) in [5.41, 5.74) is -0.243. The molecule has 2 aliphatic rings. The molecule has 0 atom stereocenters. The summed E-state index contributed by atoms with van der Waals surface area (Å²) in [6.07, 6.45) is -4.89. The van der Waals surface area contributed by atoms with Crippen LogP contribution in [-0.4, -0.2) is 50.6 Å². The van der Waals surface area contributed by atoms with Gasteiger partial charge >= 0.3 is 12.3 Å². The first kappa shape index (κ1) is 25.0. The quantitative estimate of drug-likeness (QED) is 0.427. The topological polar surface area (TPSA) is 123 Å². The third-order valence-corrected chi connectivity index (χ3v) is 9.04. The van der Waals surface area contributed by atoms with Crippen LogP contribution in [0, 0.1) is 11.3 Å². The van der Waals surface area contributed by atoms with Crippen molar-refractivity contribution in [2.75, 3.05) is 18.4 Å². The molecule has 190 valence electrons. The van der Waals surface area contributed by atoms with Crippen molar-refractivity contribution in [2.45, 2.75) is 35.1 Å². The highest BCUT2D eigenvalue weighted by molar-refractivity contribution is 8.01. The number of hydrogen-bond acceptors (Lipinski definition) is 7. The lowest BCUT2D eigenvalue weighted by Crippen LogP contribution is -2.47. The summed E-state index contributed by atoms with van der Waals surface area (Å²) < 4.78 is 39.0. The number of fused-ring (bicyclic) bond motifs is 2. The Morgan fingerprint density at radius 2 is 1.92 bits per heavy atom. The van der Waals surface area contributed by atoms with Crippen molar-refractivity contribution in [3.63, 3.8) is 0 Å². The molecule has 8 nitrogen and oxygen atoms in total. The molecule has 3 aromatic rings. The monoisotopic (exact) mass is 546 g/mol. The number of nitrogens with one attached hydrogen (secondary N) is 1. The summed E-state index contributed by atoms with van der Waals surface area (Å²) in [5, 5.41) is 20.5. The average Bonchev–Trinajstić information content (AvgIpc) is 3.19. The third-order valence-electron chi connectivity index (χ3n) is 6.46. The number of carbonyl (C=O) groups excluding carboxylic acids is 2. The van der Waals surface area contributed by atoms with Crippen LogP contribution >= 0.6 is 23.1 Å². The number of hydrogen-bond donors (Lipinski definition) is 2. The number of pyridine rings is 1. The summed E-state index contributed by atoms with van der Waals surface area (Å²) in [4.78, 5) is 43.5. The van der Waals surface area contributed by atoms with E-state index in [0.717, 1.165) is 17.0 Å². The van der Waals surface area contributed by atoms with Crippen molar-refractivity contribution in [2.24, 2.45) is 0 Å². The molecule has 1 fully saturated rings. The number of alkyl halides is 3. The molecule has 0 aliphatic carbocycles. The lowest BCUT2D eigenvalue weighted by molar-refractivity contribution is -0.140. The van der Waals surface area contributed by atoms with E-state index in [1.807, 2.05) is 6.07 Å². The third kappa shape index (κ3) is 4.62. The van der Waals surface area contributed by atoms with Crippen molar-refractivity contribution in [1.29, 1.82) is 5.26 Å². The number of likely N-dealkylation sites (tertiary alicyclic amines) is 1. The number of thioether (sulfide) groups is 1. The lowest BCUT2D eigenvalue weighted by Gasteiger charge is -2.43. The van der Waals surface area contributed by atoms with E-state index in [9.17, 15) is 32.7 Å². The molecule has 2 aliphatic heterocycles. The molecule has 37 heavy (non-hydrogen) atoms. The maximum Gasteiger partial charge on any atom is 0.433 e. The van der Waals surface area contributed by atoms with E-state index >= 15 is 0 Å². The fraction of sp³-hybridized carbons (Fsp3) is 0.292. The second-order valence-corrected chi connectivity index (χ2v) is 11.3. The molecule has 1 spiro atoms.